The first-order valence-electron chi connectivity index (χ1n) is 11.3. The first kappa shape index (κ1) is 22.5. The van der Waals surface area contributed by atoms with E-state index in [4.69, 9.17) is 5.73 Å². The number of fused-ring (bicyclic) bond motifs is 3. The van der Waals surface area contributed by atoms with Crippen molar-refractivity contribution >= 4 is 50.4 Å². The maximum absolute atomic E-state index is 13.6. The summed E-state index contributed by atoms with van der Waals surface area (Å²) in [5.74, 6) is -0.614. The van der Waals surface area contributed by atoms with Gasteiger partial charge in [0.05, 0.1) is 16.6 Å². The van der Waals surface area contributed by atoms with E-state index in [9.17, 15) is 18.0 Å². The topological polar surface area (TPSA) is 85.8 Å². The van der Waals surface area contributed by atoms with Crippen molar-refractivity contribution in [1.82, 2.24) is 14.5 Å². The highest BCUT2D eigenvalue weighted by Gasteiger charge is 2.31. The molecule has 182 valence electrons. The Morgan fingerprint density at radius 1 is 0.838 bits per heavy atom. The number of nitrogen functional groups attached to an aromatic ring is 1. The molecule has 0 bridgehead atoms. The number of nitrogens with one attached hydrogen (secondary N) is 1. The third kappa shape index (κ3) is 3.81. The van der Waals surface area contributed by atoms with Crippen LogP contribution in [-0.4, -0.2) is 20.4 Å². The molecule has 0 radical (unpaired) electrons. The number of amides is 1. The van der Waals surface area contributed by atoms with E-state index in [0.717, 1.165) is 22.9 Å². The summed E-state index contributed by atoms with van der Waals surface area (Å²) in [5.41, 5.74) is 7.75. The lowest BCUT2D eigenvalue weighted by Gasteiger charge is -2.12. The summed E-state index contributed by atoms with van der Waals surface area (Å²) in [6.45, 7) is 0. The Hall–Kier alpha value is -4.92. The van der Waals surface area contributed by atoms with Crippen LogP contribution in [0.1, 0.15) is 15.9 Å². The minimum absolute atomic E-state index is 0.0265. The van der Waals surface area contributed by atoms with Crippen LogP contribution in [0.25, 0.3) is 38.7 Å². The molecule has 0 unspecified atom stereocenters. The number of rotatable bonds is 3. The third-order valence-electron chi connectivity index (χ3n) is 6.19. The Labute approximate surface area is 208 Å². The molecule has 6 rings (SSSR count). The van der Waals surface area contributed by atoms with Gasteiger partial charge in [-0.2, -0.15) is 13.2 Å². The number of halogens is 3. The van der Waals surface area contributed by atoms with Crippen LogP contribution in [0.5, 0.6) is 0 Å². The molecule has 6 aromatic rings. The highest BCUT2D eigenvalue weighted by molar-refractivity contribution is 6.18. The lowest BCUT2D eigenvalue weighted by molar-refractivity contribution is -0.137. The highest BCUT2D eigenvalue weighted by Crippen LogP contribution is 2.35. The van der Waals surface area contributed by atoms with Gasteiger partial charge < -0.3 is 11.1 Å². The van der Waals surface area contributed by atoms with E-state index in [0.29, 0.717) is 16.7 Å². The molecule has 1 amide bonds. The molecule has 0 spiro atoms. The summed E-state index contributed by atoms with van der Waals surface area (Å²) in [6, 6.07) is 24.8. The third-order valence-corrected chi connectivity index (χ3v) is 6.19. The van der Waals surface area contributed by atoms with Gasteiger partial charge in [-0.05, 0) is 41.8 Å². The zero-order valence-electron chi connectivity index (χ0n) is 19.1. The number of aromatic nitrogens is 3. The van der Waals surface area contributed by atoms with Gasteiger partial charge in [-0.3, -0.25) is 9.36 Å². The second-order valence-electron chi connectivity index (χ2n) is 8.51. The molecule has 0 aliphatic rings. The summed E-state index contributed by atoms with van der Waals surface area (Å²) in [5, 5.41) is 4.67. The van der Waals surface area contributed by atoms with Crippen LogP contribution < -0.4 is 11.1 Å². The molecule has 6 nitrogen and oxygen atoms in total. The lowest BCUT2D eigenvalue weighted by atomic mass is 10.1. The van der Waals surface area contributed by atoms with E-state index in [2.05, 4.69) is 15.3 Å². The smallest absolute Gasteiger partial charge is 0.384 e. The van der Waals surface area contributed by atoms with Gasteiger partial charge in [0.1, 0.15) is 16.9 Å². The van der Waals surface area contributed by atoms with Crippen LogP contribution in [0.15, 0.2) is 91.0 Å². The Bertz CT molecular complexity index is 1840. The molecular weight excluding hydrogens is 479 g/mol. The summed E-state index contributed by atoms with van der Waals surface area (Å²) < 4.78 is 41.8. The summed E-state index contributed by atoms with van der Waals surface area (Å²) in [7, 11) is 0. The number of hydrogen-bond acceptors (Lipinski definition) is 4. The van der Waals surface area contributed by atoms with Gasteiger partial charge in [0.15, 0.2) is 5.65 Å². The Balaban J connectivity index is 1.58. The lowest BCUT2D eigenvalue weighted by Crippen LogP contribution is -2.15. The molecule has 37 heavy (non-hydrogen) atoms. The molecule has 3 N–H and O–H groups in total. The molecule has 0 fully saturated rings. The number of benzene rings is 4. The molecular formula is C28H18F3N5O. The van der Waals surface area contributed by atoms with Crippen LogP contribution in [-0.2, 0) is 6.18 Å². The first-order valence-corrected chi connectivity index (χ1v) is 11.3. The van der Waals surface area contributed by atoms with Crippen molar-refractivity contribution < 1.29 is 18.0 Å². The van der Waals surface area contributed by atoms with Gasteiger partial charge in [-0.1, -0.05) is 54.6 Å². The number of nitrogens with zero attached hydrogens (tertiary/aromatic N) is 3. The van der Waals surface area contributed by atoms with Crippen LogP contribution in [0.4, 0.5) is 24.7 Å². The standard InChI is InChI=1S/C28H18F3N5O/c29-28(30,31)17-9-6-10-18(15-17)36-25(32)23(24-26(36)34-22-13-4-3-12-21(22)33-24)27(37)35-20-14-5-8-16-7-1-2-11-19(16)20/h1-15H,32H2,(H,35,37). The number of anilines is 2. The summed E-state index contributed by atoms with van der Waals surface area (Å²) in [6.07, 6.45) is -4.55. The fourth-order valence-electron chi connectivity index (χ4n) is 4.49. The normalized spacial score (nSPS) is 11.9. The van der Waals surface area contributed by atoms with Gasteiger partial charge in [-0.25, -0.2) is 9.97 Å². The first-order chi connectivity index (χ1) is 17.8. The molecule has 0 atom stereocenters. The minimum atomic E-state index is -4.55. The van der Waals surface area contributed by atoms with E-state index in [1.54, 1.807) is 30.3 Å². The molecule has 0 saturated carbocycles. The van der Waals surface area contributed by atoms with Crippen molar-refractivity contribution in [2.75, 3.05) is 11.1 Å². The monoisotopic (exact) mass is 497 g/mol. The molecule has 0 aliphatic carbocycles. The zero-order chi connectivity index (χ0) is 25.7. The average molecular weight is 497 g/mol. The summed E-state index contributed by atoms with van der Waals surface area (Å²) in [4.78, 5) is 22.9. The second kappa shape index (κ2) is 8.34. The number of nitrogens with two attached hydrogens (primary N) is 1. The number of carbonyl (C=O) groups excluding carboxylic acids is 1. The van der Waals surface area contributed by atoms with Crippen molar-refractivity contribution in [3.8, 4) is 5.69 Å². The fourth-order valence-corrected chi connectivity index (χ4v) is 4.49. The van der Waals surface area contributed by atoms with Crippen LogP contribution in [0, 0.1) is 0 Å². The quantitative estimate of drug-likeness (QED) is 0.289. The predicted octanol–water partition coefficient (Wildman–Crippen LogP) is 6.58. The van der Waals surface area contributed by atoms with Gasteiger partial charge in [0.25, 0.3) is 5.91 Å². The zero-order valence-corrected chi connectivity index (χ0v) is 19.1. The van der Waals surface area contributed by atoms with Gasteiger partial charge >= 0.3 is 6.18 Å². The molecule has 0 aliphatic heterocycles. The molecule has 9 heteroatoms. The molecule has 2 aromatic heterocycles. The summed E-state index contributed by atoms with van der Waals surface area (Å²) >= 11 is 0. The number of carbonyl (C=O) groups is 1. The van der Waals surface area contributed by atoms with E-state index in [-0.39, 0.29) is 28.2 Å². The fraction of sp³-hybridized carbons (Fsp3) is 0.0357. The van der Waals surface area contributed by atoms with Gasteiger partial charge in [0.2, 0.25) is 0 Å². The van der Waals surface area contributed by atoms with E-state index in [1.807, 2.05) is 36.4 Å². The van der Waals surface area contributed by atoms with Crippen molar-refractivity contribution in [3.63, 3.8) is 0 Å². The predicted molar refractivity (Wildman–Crippen MR) is 138 cm³/mol. The maximum atomic E-state index is 13.6. The van der Waals surface area contributed by atoms with Crippen molar-refractivity contribution in [2.45, 2.75) is 6.18 Å². The van der Waals surface area contributed by atoms with E-state index in [1.165, 1.54) is 16.7 Å². The Kier molecular flexibility index (Phi) is 5.08. The van der Waals surface area contributed by atoms with E-state index < -0.39 is 17.6 Å². The van der Waals surface area contributed by atoms with E-state index >= 15 is 0 Å². The van der Waals surface area contributed by atoms with Crippen LogP contribution >= 0.6 is 0 Å². The average Bonchev–Trinajstić information content (AvgIpc) is 3.17. The van der Waals surface area contributed by atoms with Crippen LogP contribution in [0.3, 0.4) is 0 Å². The number of alkyl halides is 3. The highest BCUT2D eigenvalue weighted by atomic mass is 19.4. The molecule has 2 heterocycles. The number of hydrogen-bond donors (Lipinski definition) is 2. The molecule has 4 aromatic carbocycles. The SMILES string of the molecule is Nc1c(C(=O)Nc2cccc3ccccc23)c2nc3ccccc3nc2n1-c1cccc(C(F)(F)F)c1. The Morgan fingerprint density at radius 2 is 1.51 bits per heavy atom. The van der Waals surface area contributed by atoms with Gasteiger partial charge in [0, 0.05) is 16.8 Å². The van der Waals surface area contributed by atoms with Crippen LogP contribution in [0.2, 0.25) is 0 Å². The van der Waals surface area contributed by atoms with Crippen molar-refractivity contribution in [3.05, 3.63) is 102 Å². The minimum Gasteiger partial charge on any atom is -0.384 e. The largest absolute Gasteiger partial charge is 0.416 e. The van der Waals surface area contributed by atoms with Gasteiger partial charge in [-0.15, -0.1) is 0 Å². The second-order valence-corrected chi connectivity index (χ2v) is 8.51. The Morgan fingerprint density at radius 3 is 2.30 bits per heavy atom. The van der Waals surface area contributed by atoms with Crippen molar-refractivity contribution in [2.24, 2.45) is 0 Å². The molecule has 0 saturated heterocycles. The number of para-hydroxylation sites is 2. The van der Waals surface area contributed by atoms with Crippen molar-refractivity contribution in [1.29, 1.82) is 0 Å². The maximum Gasteiger partial charge on any atom is 0.416 e.